The van der Waals surface area contributed by atoms with Crippen LogP contribution in [0.25, 0.3) is 0 Å². The Morgan fingerprint density at radius 2 is 1.85 bits per heavy atom. The number of rotatable bonds is 7. The summed E-state index contributed by atoms with van der Waals surface area (Å²) < 4.78 is 2.41. The summed E-state index contributed by atoms with van der Waals surface area (Å²) in [6, 6.07) is 1.20. The largest absolute Gasteiger partial charge is 0.356 e. The molecule has 0 spiro atoms. The van der Waals surface area contributed by atoms with Crippen LogP contribution in [0.5, 0.6) is 0 Å². The van der Waals surface area contributed by atoms with E-state index in [1.165, 1.54) is 57.8 Å². The van der Waals surface area contributed by atoms with Gasteiger partial charge >= 0.3 is 0 Å². The molecule has 6 nitrogen and oxygen atoms in total. The highest BCUT2D eigenvalue weighted by molar-refractivity contribution is 7.98. The maximum atomic E-state index is 4.48. The number of aliphatic imine (C=N–C) groups is 1. The number of aromatic nitrogens is 3. The van der Waals surface area contributed by atoms with E-state index >= 15 is 0 Å². The van der Waals surface area contributed by atoms with E-state index in [-0.39, 0.29) is 0 Å². The molecule has 0 unspecified atom stereocenters. The first kappa shape index (κ1) is 19.5. The van der Waals surface area contributed by atoms with Gasteiger partial charge in [0.15, 0.2) is 11.1 Å². The van der Waals surface area contributed by atoms with Crippen molar-refractivity contribution in [1.82, 2.24) is 25.4 Å². The van der Waals surface area contributed by atoms with Crippen LogP contribution in [0.1, 0.15) is 76.1 Å². The van der Waals surface area contributed by atoms with Crippen LogP contribution in [0.2, 0.25) is 0 Å². The van der Waals surface area contributed by atoms with Gasteiger partial charge in [0.25, 0.3) is 0 Å². The maximum Gasteiger partial charge on any atom is 0.191 e. The van der Waals surface area contributed by atoms with Crippen molar-refractivity contribution in [2.45, 2.75) is 87.9 Å². The van der Waals surface area contributed by atoms with E-state index < -0.39 is 0 Å². The summed E-state index contributed by atoms with van der Waals surface area (Å²) in [6.07, 6.45) is 15.9. The molecular weight excluding hydrogens is 344 g/mol. The summed E-state index contributed by atoms with van der Waals surface area (Å²) in [5.41, 5.74) is 0. The Kier molecular flexibility index (Phi) is 7.65. The zero-order valence-electron chi connectivity index (χ0n) is 16.3. The third-order valence-corrected chi connectivity index (χ3v) is 6.29. The van der Waals surface area contributed by atoms with Crippen LogP contribution >= 0.6 is 11.8 Å². The summed E-state index contributed by atoms with van der Waals surface area (Å²) in [7, 11) is 1.86. The van der Waals surface area contributed by atoms with Crippen molar-refractivity contribution in [1.29, 1.82) is 0 Å². The highest BCUT2D eigenvalue weighted by Crippen LogP contribution is 2.33. The molecule has 2 aliphatic rings. The molecule has 2 fully saturated rings. The predicted molar refractivity (Wildman–Crippen MR) is 109 cm³/mol. The van der Waals surface area contributed by atoms with Gasteiger partial charge in [0.1, 0.15) is 5.82 Å². The van der Waals surface area contributed by atoms with Crippen LogP contribution in [-0.4, -0.2) is 46.6 Å². The SMILES string of the molecule is CN=C(NCCCc1nnc(SC)n1C1CCCC1)NC1CCCCC1. The van der Waals surface area contributed by atoms with Gasteiger partial charge in [-0.05, 0) is 38.4 Å². The molecule has 2 N–H and O–H groups in total. The van der Waals surface area contributed by atoms with Gasteiger partial charge in [0, 0.05) is 32.1 Å². The quantitative estimate of drug-likeness (QED) is 0.329. The maximum absolute atomic E-state index is 4.48. The fraction of sp³-hybridized carbons (Fsp3) is 0.842. The normalized spacial score (nSPS) is 19.8. The van der Waals surface area contributed by atoms with Gasteiger partial charge in [-0.1, -0.05) is 43.9 Å². The van der Waals surface area contributed by atoms with E-state index in [1.54, 1.807) is 11.8 Å². The Morgan fingerprint density at radius 3 is 2.54 bits per heavy atom. The molecule has 0 aromatic carbocycles. The summed E-state index contributed by atoms with van der Waals surface area (Å²) in [5.74, 6) is 2.09. The zero-order chi connectivity index (χ0) is 18.2. The molecule has 3 rings (SSSR count). The molecular formula is C19H34N6S. The van der Waals surface area contributed by atoms with Gasteiger partial charge in [-0.2, -0.15) is 0 Å². The molecule has 146 valence electrons. The second-order valence-corrected chi connectivity index (χ2v) is 8.27. The van der Waals surface area contributed by atoms with Crippen LogP contribution in [-0.2, 0) is 6.42 Å². The van der Waals surface area contributed by atoms with Crippen molar-refractivity contribution < 1.29 is 0 Å². The Bertz CT molecular complexity index is 573. The number of nitrogens with one attached hydrogen (secondary N) is 2. The van der Waals surface area contributed by atoms with Crippen LogP contribution in [0.4, 0.5) is 0 Å². The molecule has 0 aliphatic heterocycles. The van der Waals surface area contributed by atoms with Gasteiger partial charge in [-0.3, -0.25) is 4.99 Å². The number of hydrogen-bond acceptors (Lipinski definition) is 4. The van der Waals surface area contributed by atoms with Gasteiger partial charge in [0.05, 0.1) is 0 Å². The molecule has 0 bridgehead atoms. The van der Waals surface area contributed by atoms with Crippen molar-refractivity contribution >= 4 is 17.7 Å². The first-order chi connectivity index (χ1) is 12.8. The molecule has 1 aromatic rings. The monoisotopic (exact) mass is 378 g/mol. The molecule has 1 aromatic heterocycles. The Hall–Kier alpha value is -1.24. The van der Waals surface area contributed by atoms with Crippen molar-refractivity contribution in [3.8, 4) is 0 Å². The highest BCUT2D eigenvalue weighted by Gasteiger charge is 2.23. The lowest BCUT2D eigenvalue weighted by Crippen LogP contribution is -2.44. The van der Waals surface area contributed by atoms with Crippen LogP contribution in [0, 0.1) is 0 Å². The lowest BCUT2D eigenvalue weighted by molar-refractivity contribution is 0.410. The van der Waals surface area contributed by atoms with E-state index in [9.17, 15) is 0 Å². The minimum atomic E-state index is 0.588. The number of aryl methyl sites for hydroxylation is 1. The number of thioether (sulfide) groups is 1. The summed E-state index contributed by atoms with van der Waals surface area (Å²) >= 11 is 1.71. The number of nitrogens with zero attached hydrogens (tertiary/aromatic N) is 4. The van der Waals surface area contributed by atoms with Crippen LogP contribution in [0.15, 0.2) is 10.1 Å². The Morgan fingerprint density at radius 1 is 1.12 bits per heavy atom. The van der Waals surface area contributed by atoms with E-state index in [0.717, 1.165) is 36.3 Å². The van der Waals surface area contributed by atoms with Crippen molar-refractivity contribution in [3.05, 3.63) is 5.82 Å². The van der Waals surface area contributed by atoms with E-state index in [4.69, 9.17) is 0 Å². The summed E-state index contributed by atoms with van der Waals surface area (Å²) in [4.78, 5) is 4.38. The van der Waals surface area contributed by atoms with Crippen molar-refractivity contribution in [3.63, 3.8) is 0 Å². The van der Waals surface area contributed by atoms with Gasteiger partial charge in [-0.15, -0.1) is 10.2 Å². The fourth-order valence-electron chi connectivity index (χ4n) is 4.23. The Balaban J connectivity index is 1.46. The molecule has 2 aliphatic carbocycles. The zero-order valence-corrected chi connectivity index (χ0v) is 17.2. The lowest BCUT2D eigenvalue weighted by Gasteiger charge is -2.24. The second-order valence-electron chi connectivity index (χ2n) is 7.49. The van der Waals surface area contributed by atoms with Crippen LogP contribution in [0.3, 0.4) is 0 Å². The van der Waals surface area contributed by atoms with Crippen LogP contribution < -0.4 is 10.6 Å². The van der Waals surface area contributed by atoms with Gasteiger partial charge in [-0.25, -0.2) is 0 Å². The van der Waals surface area contributed by atoms with Crippen molar-refractivity contribution in [2.24, 2.45) is 4.99 Å². The lowest BCUT2D eigenvalue weighted by atomic mass is 9.96. The molecule has 1 heterocycles. The number of guanidine groups is 1. The fourth-order valence-corrected chi connectivity index (χ4v) is 4.81. The molecule has 7 heteroatoms. The van der Waals surface area contributed by atoms with Gasteiger partial charge in [0.2, 0.25) is 0 Å². The molecule has 2 saturated carbocycles. The minimum Gasteiger partial charge on any atom is -0.356 e. The molecule has 0 radical (unpaired) electrons. The smallest absolute Gasteiger partial charge is 0.191 e. The third-order valence-electron chi connectivity index (χ3n) is 5.65. The predicted octanol–water partition coefficient (Wildman–Crippen LogP) is 3.55. The summed E-state index contributed by atoms with van der Waals surface area (Å²) in [6.45, 7) is 0.915. The standard InChI is InChI=1S/C19H34N6S/c1-20-18(22-15-9-4-3-5-10-15)21-14-8-13-17-23-24-19(26-2)25(17)16-11-6-7-12-16/h15-16H,3-14H2,1-2H3,(H2,20,21,22). The molecule has 0 amide bonds. The number of hydrogen-bond donors (Lipinski definition) is 2. The topological polar surface area (TPSA) is 67.1 Å². The van der Waals surface area contributed by atoms with E-state index in [0.29, 0.717) is 12.1 Å². The second kappa shape index (κ2) is 10.2. The third kappa shape index (κ3) is 5.15. The molecule has 0 atom stereocenters. The first-order valence-electron chi connectivity index (χ1n) is 10.3. The van der Waals surface area contributed by atoms with Gasteiger partial charge < -0.3 is 15.2 Å². The highest BCUT2D eigenvalue weighted by atomic mass is 32.2. The van der Waals surface area contributed by atoms with E-state index in [2.05, 4.69) is 36.6 Å². The first-order valence-corrected chi connectivity index (χ1v) is 11.5. The van der Waals surface area contributed by atoms with E-state index in [1.807, 2.05) is 7.05 Å². The summed E-state index contributed by atoms with van der Waals surface area (Å²) in [5, 5.41) is 17.0. The minimum absolute atomic E-state index is 0.588. The molecule has 26 heavy (non-hydrogen) atoms. The Labute approximate surface area is 162 Å². The van der Waals surface area contributed by atoms with Crippen molar-refractivity contribution in [2.75, 3.05) is 19.8 Å². The average Bonchev–Trinajstić information content (AvgIpc) is 3.34. The molecule has 0 saturated heterocycles. The average molecular weight is 379 g/mol.